The second-order valence-electron chi connectivity index (χ2n) is 5.48. The van der Waals surface area contributed by atoms with Gasteiger partial charge in [-0.25, -0.2) is 13.2 Å². The molecule has 1 aromatic rings. The zero-order valence-corrected chi connectivity index (χ0v) is 14.0. The third-order valence-corrected chi connectivity index (χ3v) is 4.71. The predicted molar refractivity (Wildman–Crippen MR) is 86.2 cm³/mol. The first-order chi connectivity index (χ1) is 10.3. The maximum Gasteiger partial charge on any atom is 0.324 e. The van der Waals surface area contributed by atoms with Gasteiger partial charge < -0.3 is 9.64 Å². The van der Waals surface area contributed by atoms with Crippen LogP contribution in [0.1, 0.15) is 13.8 Å². The third-order valence-electron chi connectivity index (χ3n) is 3.62. The molecule has 0 aliphatic carbocycles. The van der Waals surface area contributed by atoms with Crippen molar-refractivity contribution >= 4 is 21.6 Å². The van der Waals surface area contributed by atoms with Crippen molar-refractivity contribution in [3.05, 3.63) is 24.3 Å². The summed E-state index contributed by atoms with van der Waals surface area (Å²) in [5.41, 5.74) is 0.726. The molecule has 1 atom stereocenters. The second-order valence-corrected chi connectivity index (χ2v) is 7.66. The summed E-state index contributed by atoms with van der Waals surface area (Å²) in [6.07, 6.45) is 1.19. The molecule has 1 aromatic carbocycles. The lowest BCUT2D eigenvalue weighted by Gasteiger charge is -2.36. The number of carbonyl (C=O) groups excluding carboxylic acids is 1. The minimum absolute atomic E-state index is 0.0431. The highest BCUT2D eigenvalue weighted by atomic mass is 32.2. The molecule has 1 aliphatic heterocycles. The number of urea groups is 1. The van der Waals surface area contributed by atoms with Crippen molar-refractivity contribution in [1.29, 1.82) is 0 Å². The molecule has 2 amide bonds. The summed E-state index contributed by atoms with van der Waals surface area (Å²) in [5.74, 6) is 0.632. The third kappa shape index (κ3) is 3.71. The van der Waals surface area contributed by atoms with Crippen molar-refractivity contribution in [3.63, 3.8) is 0 Å². The lowest BCUT2D eigenvalue weighted by molar-refractivity contribution is 0.190. The second kappa shape index (κ2) is 6.56. The van der Waals surface area contributed by atoms with E-state index in [0.29, 0.717) is 25.4 Å². The number of sulfone groups is 1. The lowest BCUT2D eigenvalue weighted by Crippen LogP contribution is -2.51. The Morgan fingerprint density at radius 1 is 1.41 bits per heavy atom. The van der Waals surface area contributed by atoms with E-state index in [4.69, 9.17) is 4.74 Å². The van der Waals surface area contributed by atoms with E-state index in [1.807, 2.05) is 31.2 Å². The summed E-state index contributed by atoms with van der Waals surface area (Å²) >= 11 is 0. The fourth-order valence-corrected chi connectivity index (χ4v) is 3.74. The van der Waals surface area contributed by atoms with Crippen LogP contribution in [0.2, 0.25) is 0 Å². The van der Waals surface area contributed by atoms with Gasteiger partial charge in [-0.15, -0.1) is 0 Å². The van der Waals surface area contributed by atoms with Gasteiger partial charge in [0, 0.05) is 18.8 Å². The Hall–Kier alpha value is -1.76. The SMILES string of the molecule is CCN(C(=O)N1CCOc2ccccc21)[C@@H](C)CS(C)(=O)=O. The number of hydrogen-bond donors (Lipinski definition) is 0. The van der Waals surface area contributed by atoms with E-state index < -0.39 is 9.84 Å². The number of anilines is 1. The Labute approximate surface area is 131 Å². The van der Waals surface area contributed by atoms with Gasteiger partial charge in [0.2, 0.25) is 0 Å². The van der Waals surface area contributed by atoms with Crippen LogP contribution in [0.15, 0.2) is 24.3 Å². The minimum atomic E-state index is -3.14. The number of rotatable bonds is 4. The van der Waals surface area contributed by atoms with Crippen molar-refractivity contribution < 1.29 is 17.9 Å². The Morgan fingerprint density at radius 3 is 2.73 bits per heavy atom. The minimum Gasteiger partial charge on any atom is -0.490 e. The summed E-state index contributed by atoms with van der Waals surface area (Å²) in [6.45, 7) is 4.95. The van der Waals surface area contributed by atoms with Gasteiger partial charge in [-0.05, 0) is 26.0 Å². The normalized spacial score (nSPS) is 15.7. The smallest absolute Gasteiger partial charge is 0.324 e. The molecule has 0 saturated carbocycles. The molecule has 1 heterocycles. The number of nitrogens with zero attached hydrogens (tertiary/aromatic N) is 2. The zero-order valence-electron chi connectivity index (χ0n) is 13.2. The zero-order chi connectivity index (χ0) is 16.3. The number of ether oxygens (including phenoxy) is 1. The van der Waals surface area contributed by atoms with Gasteiger partial charge in [-0.2, -0.15) is 0 Å². The standard InChI is InChI=1S/C15H22N2O4S/c1-4-16(12(2)11-22(3,19)20)15(18)17-9-10-21-14-8-6-5-7-13(14)17/h5-8,12H,4,9-11H2,1-3H3/t12-/m0/s1. The first-order valence-electron chi connectivity index (χ1n) is 7.31. The topological polar surface area (TPSA) is 66.9 Å². The van der Waals surface area contributed by atoms with E-state index in [2.05, 4.69) is 0 Å². The van der Waals surface area contributed by atoms with E-state index in [9.17, 15) is 13.2 Å². The highest BCUT2D eigenvalue weighted by Crippen LogP contribution is 2.31. The molecule has 0 unspecified atom stereocenters. The molecule has 22 heavy (non-hydrogen) atoms. The van der Waals surface area contributed by atoms with E-state index in [1.54, 1.807) is 16.7 Å². The largest absolute Gasteiger partial charge is 0.490 e. The Kier molecular flexibility index (Phi) is 4.95. The lowest BCUT2D eigenvalue weighted by atomic mass is 10.2. The Balaban J connectivity index is 2.23. The van der Waals surface area contributed by atoms with Gasteiger partial charge in [0.05, 0.1) is 18.0 Å². The van der Waals surface area contributed by atoms with Crippen LogP contribution in [-0.4, -0.2) is 57.1 Å². The summed E-state index contributed by atoms with van der Waals surface area (Å²) in [7, 11) is -3.14. The Morgan fingerprint density at radius 2 is 2.09 bits per heavy atom. The quantitative estimate of drug-likeness (QED) is 0.845. The highest BCUT2D eigenvalue weighted by molar-refractivity contribution is 7.90. The van der Waals surface area contributed by atoms with E-state index in [1.165, 1.54) is 6.26 Å². The Bertz CT molecular complexity index is 645. The van der Waals surface area contributed by atoms with Crippen molar-refractivity contribution in [3.8, 4) is 5.75 Å². The molecule has 2 rings (SSSR count). The number of amides is 2. The molecule has 7 heteroatoms. The van der Waals surface area contributed by atoms with Crippen LogP contribution in [0.25, 0.3) is 0 Å². The maximum absolute atomic E-state index is 12.8. The van der Waals surface area contributed by atoms with Crippen LogP contribution in [0, 0.1) is 0 Å². The molecule has 0 radical (unpaired) electrons. The molecule has 0 spiro atoms. The number of hydrogen-bond acceptors (Lipinski definition) is 4. The molecular formula is C15H22N2O4S. The molecule has 6 nitrogen and oxygen atoms in total. The fourth-order valence-electron chi connectivity index (χ4n) is 2.69. The van der Waals surface area contributed by atoms with Crippen molar-refractivity contribution in [1.82, 2.24) is 4.90 Å². The van der Waals surface area contributed by atoms with Crippen LogP contribution in [0.5, 0.6) is 5.75 Å². The molecular weight excluding hydrogens is 304 g/mol. The molecule has 0 aromatic heterocycles. The van der Waals surface area contributed by atoms with Crippen LogP contribution < -0.4 is 9.64 Å². The summed E-state index contributed by atoms with van der Waals surface area (Å²) < 4.78 is 28.5. The summed E-state index contributed by atoms with van der Waals surface area (Å²) in [4.78, 5) is 16.1. The van der Waals surface area contributed by atoms with Crippen LogP contribution in [0.4, 0.5) is 10.5 Å². The number of carbonyl (C=O) groups is 1. The first kappa shape index (κ1) is 16.6. The van der Waals surface area contributed by atoms with Crippen LogP contribution in [-0.2, 0) is 9.84 Å². The first-order valence-corrected chi connectivity index (χ1v) is 9.37. The van der Waals surface area contributed by atoms with Gasteiger partial charge in [-0.3, -0.25) is 4.90 Å². The number of fused-ring (bicyclic) bond motifs is 1. The van der Waals surface area contributed by atoms with Crippen LogP contribution >= 0.6 is 0 Å². The average molecular weight is 326 g/mol. The van der Waals surface area contributed by atoms with Gasteiger partial charge in [0.15, 0.2) is 0 Å². The van der Waals surface area contributed by atoms with Gasteiger partial charge in [0.1, 0.15) is 22.2 Å². The average Bonchev–Trinajstić information content (AvgIpc) is 2.45. The van der Waals surface area contributed by atoms with Gasteiger partial charge in [-0.1, -0.05) is 12.1 Å². The van der Waals surface area contributed by atoms with Crippen molar-refractivity contribution in [2.75, 3.05) is 36.6 Å². The van der Waals surface area contributed by atoms with Crippen molar-refractivity contribution in [2.24, 2.45) is 0 Å². The fraction of sp³-hybridized carbons (Fsp3) is 0.533. The van der Waals surface area contributed by atoms with E-state index in [-0.39, 0.29) is 17.8 Å². The highest BCUT2D eigenvalue weighted by Gasteiger charge is 2.30. The molecule has 0 saturated heterocycles. The van der Waals surface area contributed by atoms with Crippen molar-refractivity contribution in [2.45, 2.75) is 19.9 Å². The molecule has 122 valence electrons. The molecule has 0 fully saturated rings. The summed E-state index contributed by atoms with van der Waals surface area (Å²) in [5, 5.41) is 0. The number of para-hydroxylation sites is 2. The maximum atomic E-state index is 12.8. The van der Waals surface area contributed by atoms with Gasteiger partial charge >= 0.3 is 6.03 Å². The van der Waals surface area contributed by atoms with E-state index in [0.717, 1.165) is 5.69 Å². The summed E-state index contributed by atoms with van der Waals surface area (Å²) in [6, 6.07) is 6.81. The predicted octanol–water partition coefficient (Wildman–Crippen LogP) is 1.76. The van der Waals surface area contributed by atoms with Crippen LogP contribution in [0.3, 0.4) is 0 Å². The molecule has 0 N–H and O–H groups in total. The molecule has 0 bridgehead atoms. The molecule has 1 aliphatic rings. The van der Waals surface area contributed by atoms with Gasteiger partial charge in [0.25, 0.3) is 0 Å². The number of benzene rings is 1. The monoisotopic (exact) mass is 326 g/mol. The van der Waals surface area contributed by atoms with E-state index >= 15 is 0 Å².